The van der Waals surface area contributed by atoms with Crippen molar-refractivity contribution in [3.8, 4) is 5.75 Å². The van der Waals surface area contributed by atoms with Crippen molar-refractivity contribution >= 4 is 5.96 Å². The molecular weight excluding hydrogens is 307 g/mol. The average molecular weight is 331 g/mol. The summed E-state index contributed by atoms with van der Waals surface area (Å²) in [6.45, 7) is 7.76. The van der Waals surface area contributed by atoms with Crippen molar-refractivity contribution in [3.63, 3.8) is 0 Å². The Bertz CT molecular complexity index is 548. The number of benzene rings is 1. The van der Waals surface area contributed by atoms with Crippen LogP contribution in [0, 0.1) is 0 Å². The molecule has 0 radical (unpaired) electrons. The molecule has 0 fully saturated rings. The number of alkyl halides is 3. The van der Waals surface area contributed by atoms with E-state index in [9.17, 15) is 13.2 Å². The summed E-state index contributed by atoms with van der Waals surface area (Å²) in [4.78, 5) is 3.95. The van der Waals surface area contributed by atoms with Crippen LogP contribution in [0.4, 0.5) is 13.2 Å². The van der Waals surface area contributed by atoms with Gasteiger partial charge in [-0.25, -0.2) is 4.99 Å². The number of hydrogen-bond donors (Lipinski definition) is 2. The lowest BCUT2D eigenvalue weighted by molar-refractivity contribution is -0.138. The molecule has 0 aliphatic carbocycles. The predicted octanol–water partition coefficient (Wildman–Crippen LogP) is 3.70. The molecule has 23 heavy (non-hydrogen) atoms. The third-order valence-corrected chi connectivity index (χ3v) is 2.79. The van der Waals surface area contributed by atoms with Crippen molar-refractivity contribution in [1.82, 2.24) is 5.32 Å². The van der Waals surface area contributed by atoms with E-state index < -0.39 is 17.3 Å². The molecule has 0 aliphatic rings. The molecule has 0 aromatic heterocycles. The monoisotopic (exact) mass is 331 g/mol. The maximum absolute atomic E-state index is 13.2. The highest BCUT2D eigenvalue weighted by atomic mass is 19.4. The number of halogens is 3. The van der Waals surface area contributed by atoms with E-state index in [4.69, 9.17) is 10.5 Å². The fourth-order valence-electron chi connectivity index (χ4n) is 1.85. The van der Waals surface area contributed by atoms with Gasteiger partial charge in [0.1, 0.15) is 11.4 Å². The van der Waals surface area contributed by atoms with Crippen LogP contribution in [0.2, 0.25) is 0 Å². The molecule has 0 aliphatic heterocycles. The van der Waals surface area contributed by atoms with E-state index in [1.807, 2.05) is 6.92 Å². The zero-order valence-corrected chi connectivity index (χ0v) is 13.9. The number of ether oxygens (including phenoxy) is 1. The molecule has 1 aromatic rings. The number of nitrogens with two attached hydrogens (primary N) is 1. The highest BCUT2D eigenvalue weighted by Gasteiger charge is 2.34. The Morgan fingerprint density at radius 1 is 1.26 bits per heavy atom. The standard InChI is InChI=1S/C16H24F3N3O/c1-5-8-21-14(20)22-10-11-6-7-12(23-15(2,3)4)9-13(11)16(17,18)19/h6-7,9H,5,8,10H2,1-4H3,(H3,20,21,22). The van der Waals surface area contributed by atoms with Crippen molar-refractivity contribution in [3.05, 3.63) is 29.3 Å². The predicted molar refractivity (Wildman–Crippen MR) is 85.4 cm³/mol. The molecule has 0 atom stereocenters. The number of nitrogens with one attached hydrogen (secondary N) is 1. The first kappa shape index (κ1) is 19.1. The molecule has 3 N–H and O–H groups in total. The van der Waals surface area contributed by atoms with Crippen LogP contribution in [0.1, 0.15) is 45.2 Å². The Hall–Kier alpha value is -1.92. The van der Waals surface area contributed by atoms with Crippen molar-refractivity contribution in [2.75, 3.05) is 6.54 Å². The molecule has 0 heterocycles. The van der Waals surface area contributed by atoms with Gasteiger partial charge < -0.3 is 15.8 Å². The minimum Gasteiger partial charge on any atom is -0.488 e. The van der Waals surface area contributed by atoms with E-state index in [2.05, 4.69) is 10.3 Å². The second-order valence-corrected chi connectivity index (χ2v) is 6.16. The largest absolute Gasteiger partial charge is 0.488 e. The smallest absolute Gasteiger partial charge is 0.416 e. The van der Waals surface area contributed by atoms with Gasteiger partial charge in [0.25, 0.3) is 0 Å². The van der Waals surface area contributed by atoms with Gasteiger partial charge in [0, 0.05) is 6.54 Å². The van der Waals surface area contributed by atoms with E-state index in [-0.39, 0.29) is 23.8 Å². The average Bonchev–Trinajstić information content (AvgIpc) is 2.40. The summed E-state index contributed by atoms with van der Waals surface area (Å²) < 4.78 is 45.2. The molecule has 0 saturated carbocycles. The Morgan fingerprint density at radius 2 is 1.91 bits per heavy atom. The highest BCUT2D eigenvalue weighted by molar-refractivity contribution is 5.77. The first-order valence-electron chi connectivity index (χ1n) is 7.46. The summed E-state index contributed by atoms with van der Waals surface area (Å²) in [5.41, 5.74) is 4.34. The summed E-state index contributed by atoms with van der Waals surface area (Å²) in [6.07, 6.45) is -3.63. The number of guanidine groups is 1. The fraction of sp³-hybridized carbons (Fsp3) is 0.562. The SMILES string of the molecule is CCCNC(N)=NCc1ccc(OC(C)(C)C)cc1C(F)(F)F. The molecule has 130 valence electrons. The fourth-order valence-corrected chi connectivity index (χ4v) is 1.85. The maximum atomic E-state index is 13.2. The van der Waals surface area contributed by atoms with Crippen LogP contribution in [-0.4, -0.2) is 18.1 Å². The van der Waals surface area contributed by atoms with E-state index in [1.54, 1.807) is 20.8 Å². The van der Waals surface area contributed by atoms with Crippen LogP contribution in [-0.2, 0) is 12.7 Å². The molecule has 4 nitrogen and oxygen atoms in total. The Morgan fingerprint density at radius 3 is 2.43 bits per heavy atom. The highest BCUT2D eigenvalue weighted by Crippen LogP contribution is 2.35. The molecule has 7 heteroatoms. The minimum atomic E-state index is -4.48. The number of hydrogen-bond acceptors (Lipinski definition) is 2. The van der Waals surface area contributed by atoms with Gasteiger partial charge in [-0.3, -0.25) is 0 Å². The van der Waals surface area contributed by atoms with Gasteiger partial charge in [-0.05, 0) is 44.9 Å². The van der Waals surface area contributed by atoms with Crippen molar-refractivity contribution < 1.29 is 17.9 Å². The van der Waals surface area contributed by atoms with Gasteiger partial charge in [-0.1, -0.05) is 13.0 Å². The van der Waals surface area contributed by atoms with E-state index in [0.29, 0.717) is 6.54 Å². The molecule has 0 amide bonds. The van der Waals surface area contributed by atoms with Gasteiger partial charge in [-0.2, -0.15) is 13.2 Å². The van der Waals surface area contributed by atoms with Crippen molar-refractivity contribution in [2.24, 2.45) is 10.7 Å². The van der Waals surface area contributed by atoms with Gasteiger partial charge in [0.15, 0.2) is 5.96 Å². The lowest BCUT2D eigenvalue weighted by Crippen LogP contribution is -2.32. The van der Waals surface area contributed by atoms with Crippen LogP contribution in [0.3, 0.4) is 0 Å². The number of aliphatic imine (C=N–C) groups is 1. The van der Waals surface area contributed by atoms with Crippen LogP contribution in [0.15, 0.2) is 23.2 Å². The summed E-state index contributed by atoms with van der Waals surface area (Å²) in [6, 6.07) is 3.90. The van der Waals surface area contributed by atoms with Gasteiger partial charge in [0.2, 0.25) is 0 Å². The quantitative estimate of drug-likeness (QED) is 0.639. The lowest BCUT2D eigenvalue weighted by atomic mass is 10.1. The second-order valence-electron chi connectivity index (χ2n) is 6.16. The zero-order chi connectivity index (χ0) is 17.7. The van der Waals surface area contributed by atoms with Crippen LogP contribution < -0.4 is 15.8 Å². The maximum Gasteiger partial charge on any atom is 0.416 e. The molecule has 0 bridgehead atoms. The van der Waals surface area contributed by atoms with Crippen LogP contribution in [0.25, 0.3) is 0 Å². The Labute approximate surface area is 134 Å². The molecule has 0 spiro atoms. The van der Waals surface area contributed by atoms with E-state index in [0.717, 1.165) is 12.5 Å². The summed E-state index contributed by atoms with van der Waals surface area (Å²) in [5.74, 6) is 0.310. The van der Waals surface area contributed by atoms with Crippen LogP contribution in [0.5, 0.6) is 5.75 Å². The molecule has 0 saturated heterocycles. The molecule has 1 rings (SSSR count). The normalized spacial score (nSPS) is 13.1. The minimum absolute atomic E-state index is 0.0556. The van der Waals surface area contributed by atoms with Gasteiger partial charge in [-0.15, -0.1) is 0 Å². The van der Waals surface area contributed by atoms with E-state index >= 15 is 0 Å². The lowest BCUT2D eigenvalue weighted by Gasteiger charge is -2.22. The summed E-state index contributed by atoms with van der Waals surface area (Å²) in [7, 11) is 0. The first-order chi connectivity index (χ1) is 10.5. The number of nitrogens with zero attached hydrogens (tertiary/aromatic N) is 1. The second kappa shape index (κ2) is 7.57. The molecular formula is C16H24F3N3O. The summed E-state index contributed by atoms with van der Waals surface area (Å²) >= 11 is 0. The van der Waals surface area contributed by atoms with Crippen molar-refractivity contribution in [1.29, 1.82) is 0 Å². The summed E-state index contributed by atoms with van der Waals surface area (Å²) in [5, 5.41) is 2.83. The van der Waals surface area contributed by atoms with Gasteiger partial charge in [0.05, 0.1) is 12.1 Å². The van der Waals surface area contributed by atoms with Crippen molar-refractivity contribution in [2.45, 2.75) is 52.4 Å². The van der Waals surface area contributed by atoms with E-state index in [1.165, 1.54) is 12.1 Å². The Kier molecular flexibility index (Phi) is 6.29. The first-order valence-corrected chi connectivity index (χ1v) is 7.46. The zero-order valence-electron chi connectivity index (χ0n) is 13.9. The third kappa shape index (κ3) is 6.80. The van der Waals surface area contributed by atoms with Gasteiger partial charge >= 0.3 is 6.18 Å². The van der Waals surface area contributed by atoms with Crippen LogP contribution >= 0.6 is 0 Å². The number of rotatable bonds is 5. The molecule has 1 aromatic carbocycles. The third-order valence-electron chi connectivity index (χ3n) is 2.79. The topological polar surface area (TPSA) is 59.6 Å². The Balaban J connectivity index is 3.03. The molecule has 0 unspecified atom stereocenters.